The molecule has 0 aliphatic carbocycles. The highest BCUT2D eigenvalue weighted by Crippen LogP contribution is 2.16. The molecular formula is C24H34BN3O7. The van der Waals surface area contributed by atoms with Gasteiger partial charge in [-0.2, -0.15) is 0 Å². The SMILES string of the molecule is [B]OC=N[C@H]1Cc2ccc(cc2)OCCCCOC[C@@H](C(=O)OC)NC(=O)[C@H](CC(C)C)NC1=O. The lowest BCUT2D eigenvalue weighted by atomic mass is 10.0. The number of hydrogen-bond donors (Lipinski definition) is 2. The van der Waals surface area contributed by atoms with E-state index in [0.29, 0.717) is 25.4 Å². The number of rotatable bonds is 5. The number of carbonyl (C=O) groups excluding carboxylic acids is 3. The lowest BCUT2D eigenvalue weighted by Gasteiger charge is -2.24. The third-order valence-corrected chi connectivity index (χ3v) is 5.34. The summed E-state index contributed by atoms with van der Waals surface area (Å²) >= 11 is 0. The Kier molecular flexibility index (Phi) is 12.1. The fourth-order valence-electron chi connectivity index (χ4n) is 3.52. The lowest BCUT2D eigenvalue weighted by Crippen LogP contribution is -2.55. The smallest absolute Gasteiger partial charge is 0.375 e. The highest BCUT2D eigenvalue weighted by molar-refractivity contribution is 6.02. The molecule has 3 atom stereocenters. The first kappa shape index (κ1) is 28.2. The number of carbonyl (C=O) groups is 3. The minimum atomic E-state index is -1.01. The molecular weight excluding hydrogens is 453 g/mol. The summed E-state index contributed by atoms with van der Waals surface area (Å²) in [5, 5.41) is 5.41. The molecule has 2 N–H and O–H groups in total. The van der Waals surface area contributed by atoms with E-state index >= 15 is 0 Å². The number of nitrogens with zero attached hydrogens (tertiary/aromatic N) is 1. The number of aliphatic imine (C=N–C) groups is 1. The Labute approximate surface area is 207 Å². The fourth-order valence-corrected chi connectivity index (χ4v) is 3.52. The summed E-state index contributed by atoms with van der Waals surface area (Å²) in [5.74, 6) is -0.837. The zero-order valence-electron chi connectivity index (χ0n) is 20.5. The summed E-state index contributed by atoms with van der Waals surface area (Å²) in [5.41, 5.74) is 0.841. The van der Waals surface area contributed by atoms with Crippen LogP contribution in [0.15, 0.2) is 29.3 Å². The Morgan fingerprint density at radius 1 is 1.17 bits per heavy atom. The molecule has 0 saturated carbocycles. The standard InChI is InChI=1S/C24H34BN3O7/c1-16(2)12-20-23(30)28-21(24(31)32-3)14-33-10-4-5-11-34-18-8-6-17(7-9-18)13-19(22(29)27-20)26-15-35-25/h6-9,15-16,19-21H,4-5,10-14H2,1-3H3,(H,27,29)(H,28,30)/t19-,20-,21-/m0/s1. The summed E-state index contributed by atoms with van der Waals surface area (Å²) < 4.78 is 20.6. The topological polar surface area (TPSA) is 125 Å². The van der Waals surface area contributed by atoms with Gasteiger partial charge in [0.1, 0.15) is 17.8 Å². The summed E-state index contributed by atoms with van der Waals surface area (Å²) in [6, 6.07) is 4.56. The minimum Gasteiger partial charge on any atom is -0.560 e. The first-order valence-electron chi connectivity index (χ1n) is 11.7. The van der Waals surface area contributed by atoms with Crippen LogP contribution in [-0.2, 0) is 34.9 Å². The van der Waals surface area contributed by atoms with Gasteiger partial charge in [-0.15, -0.1) is 0 Å². The molecule has 2 aliphatic heterocycles. The second-order valence-corrected chi connectivity index (χ2v) is 8.66. The fraction of sp³-hybridized carbons (Fsp3) is 0.583. The van der Waals surface area contributed by atoms with Gasteiger partial charge in [-0.1, -0.05) is 26.0 Å². The predicted octanol–water partition coefficient (Wildman–Crippen LogP) is 1.10. The van der Waals surface area contributed by atoms with Crippen LogP contribution in [-0.4, -0.2) is 77.3 Å². The number of fused-ring (bicyclic) bond motifs is 16. The Morgan fingerprint density at radius 3 is 2.54 bits per heavy atom. The molecule has 0 aromatic heterocycles. The molecule has 2 bridgehead atoms. The molecule has 2 aliphatic rings. The maximum atomic E-state index is 13.1. The number of ether oxygens (including phenoxy) is 3. The number of amides is 2. The molecule has 0 unspecified atom stereocenters. The highest BCUT2D eigenvalue weighted by Gasteiger charge is 2.30. The van der Waals surface area contributed by atoms with Crippen molar-refractivity contribution in [2.45, 2.75) is 57.7 Å². The van der Waals surface area contributed by atoms with Crippen LogP contribution in [0.3, 0.4) is 0 Å². The second kappa shape index (κ2) is 15.0. The molecule has 190 valence electrons. The van der Waals surface area contributed by atoms with Gasteiger partial charge in [-0.05, 0) is 42.9 Å². The maximum Gasteiger partial charge on any atom is 0.375 e. The number of benzene rings is 1. The van der Waals surface area contributed by atoms with Gasteiger partial charge in [0.15, 0.2) is 12.4 Å². The first-order chi connectivity index (χ1) is 16.8. The molecule has 2 radical (unpaired) electrons. The van der Waals surface area contributed by atoms with Crippen LogP contribution in [0, 0.1) is 5.92 Å². The molecule has 0 spiro atoms. The molecule has 11 heteroatoms. The van der Waals surface area contributed by atoms with Crippen molar-refractivity contribution >= 4 is 32.2 Å². The maximum absolute atomic E-state index is 13.1. The normalized spacial score (nSPS) is 22.9. The van der Waals surface area contributed by atoms with Crippen molar-refractivity contribution in [1.82, 2.24) is 10.6 Å². The van der Waals surface area contributed by atoms with Crippen molar-refractivity contribution in [2.75, 3.05) is 26.9 Å². The average Bonchev–Trinajstić information content (AvgIpc) is 2.84. The summed E-state index contributed by atoms with van der Waals surface area (Å²) in [4.78, 5) is 42.6. The van der Waals surface area contributed by atoms with Gasteiger partial charge in [0, 0.05) is 13.0 Å². The van der Waals surface area contributed by atoms with Gasteiger partial charge in [-0.25, -0.2) is 9.79 Å². The van der Waals surface area contributed by atoms with E-state index in [2.05, 4.69) is 20.3 Å². The summed E-state index contributed by atoms with van der Waals surface area (Å²) in [6.45, 7) is 4.69. The van der Waals surface area contributed by atoms with E-state index in [-0.39, 0.29) is 18.9 Å². The summed E-state index contributed by atoms with van der Waals surface area (Å²) in [6.07, 6.45) is 3.05. The van der Waals surface area contributed by atoms with Crippen molar-refractivity contribution < 1.29 is 33.2 Å². The van der Waals surface area contributed by atoms with Crippen LogP contribution in [0.4, 0.5) is 0 Å². The van der Waals surface area contributed by atoms with Crippen molar-refractivity contribution in [3.05, 3.63) is 29.8 Å². The van der Waals surface area contributed by atoms with E-state index in [4.69, 9.17) is 22.3 Å². The third-order valence-electron chi connectivity index (χ3n) is 5.34. The minimum absolute atomic E-state index is 0.0520. The Bertz CT molecular complexity index is 848. The monoisotopic (exact) mass is 487 g/mol. The molecule has 0 fully saturated rings. The zero-order chi connectivity index (χ0) is 25.6. The van der Waals surface area contributed by atoms with E-state index in [0.717, 1.165) is 24.8 Å². The van der Waals surface area contributed by atoms with Gasteiger partial charge >= 0.3 is 14.0 Å². The van der Waals surface area contributed by atoms with E-state index in [9.17, 15) is 14.4 Å². The van der Waals surface area contributed by atoms with Gasteiger partial charge < -0.3 is 29.5 Å². The molecule has 10 nitrogen and oxygen atoms in total. The quantitative estimate of drug-likeness (QED) is 0.210. The number of methoxy groups -OCH3 is 1. The molecule has 0 saturated heterocycles. The van der Waals surface area contributed by atoms with Crippen molar-refractivity contribution in [3.63, 3.8) is 0 Å². The zero-order valence-corrected chi connectivity index (χ0v) is 20.5. The third kappa shape index (κ3) is 9.98. The van der Waals surface area contributed by atoms with Crippen LogP contribution in [0.5, 0.6) is 5.75 Å². The van der Waals surface area contributed by atoms with E-state index in [1.165, 1.54) is 7.11 Å². The largest absolute Gasteiger partial charge is 0.560 e. The van der Waals surface area contributed by atoms with Gasteiger partial charge in [0.25, 0.3) is 0 Å². The molecule has 3 rings (SSSR count). The van der Waals surface area contributed by atoms with Gasteiger partial charge in [0.05, 0.1) is 20.3 Å². The Hall–Kier alpha value is -3.08. The summed E-state index contributed by atoms with van der Waals surface area (Å²) in [7, 11) is 6.30. The van der Waals surface area contributed by atoms with E-state index in [1.54, 1.807) is 0 Å². The molecule has 1 aromatic carbocycles. The highest BCUT2D eigenvalue weighted by atomic mass is 16.5. The number of nitrogens with one attached hydrogen (secondary N) is 2. The van der Waals surface area contributed by atoms with E-state index in [1.807, 2.05) is 38.1 Å². The van der Waals surface area contributed by atoms with Crippen molar-refractivity contribution in [2.24, 2.45) is 10.9 Å². The van der Waals surface area contributed by atoms with Crippen molar-refractivity contribution in [1.29, 1.82) is 0 Å². The van der Waals surface area contributed by atoms with Gasteiger partial charge in [0.2, 0.25) is 11.8 Å². The van der Waals surface area contributed by atoms with Crippen molar-refractivity contribution in [3.8, 4) is 5.75 Å². The number of hydrogen-bond acceptors (Lipinski definition) is 8. The first-order valence-corrected chi connectivity index (χ1v) is 11.7. The molecule has 2 amide bonds. The Balaban J connectivity index is 2.30. The second-order valence-electron chi connectivity index (χ2n) is 8.66. The van der Waals surface area contributed by atoms with Gasteiger partial charge in [-0.3, -0.25) is 9.59 Å². The van der Waals surface area contributed by atoms with Crippen LogP contribution in [0.2, 0.25) is 0 Å². The molecule has 35 heavy (non-hydrogen) atoms. The van der Waals surface area contributed by atoms with Crippen LogP contribution in [0.25, 0.3) is 0 Å². The predicted molar refractivity (Wildman–Crippen MR) is 130 cm³/mol. The number of esters is 1. The lowest BCUT2D eigenvalue weighted by molar-refractivity contribution is -0.147. The van der Waals surface area contributed by atoms with Crippen LogP contribution < -0.4 is 15.4 Å². The Morgan fingerprint density at radius 2 is 1.89 bits per heavy atom. The molecule has 1 aromatic rings. The van der Waals surface area contributed by atoms with Crippen LogP contribution >= 0.6 is 0 Å². The van der Waals surface area contributed by atoms with Crippen LogP contribution in [0.1, 0.15) is 38.7 Å². The van der Waals surface area contributed by atoms with E-state index < -0.39 is 35.9 Å². The molecule has 2 heterocycles. The average molecular weight is 487 g/mol.